The second kappa shape index (κ2) is 7.81. The first kappa shape index (κ1) is 17.2. The Bertz CT molecular complexity index is 351. The third-order valence-corrected chi connectivity index (χ3v) is 4.86. The van der Waals surface area contributed by atoms with Crippen LogP contribution in [0.4, 0.5) is 0 Å². The van der Waals surface area contributed by atoms with E-state index in [0.29, 0.717) is 0 Å². The molecule has 1 aliphatic rings. The maximum Gasteiger partial charge on any atom is 0.158 e. The molecule has 2 nitrogen and oxygen atoms in total. The largest absolute Gasteiger partial charge is 0.297 e. The lowest BCUT2D eigenvalue weighted by Crippen LogP contribution is -2.34. The number of carbonyl (C=O) groups is 1. The molecule has 1 rings (SSSR count). The van der Waals surface area contributed by atoms with E-state index in [-0.39, 0.29) is 11.2 Å². The SMILES string of the molecule is CCCCCCCC(C)(CCCC)C(=O)C1(C#N)CC1. The molecule has 0 aromatic carbocycles. The van der Waals surface area contributed by atoms with E-state index in [1.807, 2.05) is 0 Å². The first-order valence-corrected chi connectivity index (χ1v) is 8.51. The molecule has 0 aliphatic heterocycles. The van der Waals surface area contributed by atoms with Crippen LogP contribution in [0.25, 0.3) is 0 Å². The van der Waals surface area contributed by atoms with Gasteiger partial charge in [-0.3, -0.25) is 4.79 Å². The van der Waals surface area contributed by atoms with Gasteiger partial charge in [-0.2, -0.15) is 5.26 Å². The Morgan fingerprint density at radius 3 is 2.10 bits per heavy atom. The van der Waals surface area contributed by atoms with Gasteiger partial charge in [0.05, 0.1) is 6.07 Å². The van der Waals surface area contributed by atoms with E-state index in [9.17, 15) is 10.1 Å². The molecule has 1 unspecified atom stereocenters. The number of nitriles is 1. The number of unbranched alkanes of at least 4 members (excludes halogenated alkanes) is 5. The van der Waals surface area contributed by atoms with Gasteiger partial charge in [-0.05, 0) is 25.7 Å². The summed E-state index contributed by atoms with van der Waals surface area (Å²) in [5.74, 6) is 0.247. The van der Waals surface area contributed by atoms with Crippen molar-refractivity contribution in [3.63, 3.8) is 0 Å². The van der Waals surface area contributed by atoms with Gasteiger partial charge in [-0.1, -0.05) is 65.7 Å². The monoisotopic (exact) mass is 277 g/mol. The highest BCUT2D eigenvalue weighted by Gasteiger charge is 2.55. The zero-order valence-electron chi connectivity index (χ0n) is 13.6. The van der Waals surface area contributed by atoms with Gasteiger partial charge in [0.1, 0.15) is 5.41 Å². The lowest BCUT2D eigenvalue weighted by atomic mass is 9.71. The minimum atomic E-state index is -0.605. The molecule has 20 heavy (non-hydrogen) atoms. The predicted molar refractivity (Wildman–Crippen MR) is 83.3 cm³/mol. The number of rotatable bonds is 11. The molecule has 1 saturated carbocycles. The van der Waals surface area contributed by atoms with Crippen LogP contribution in [-0.4, -0.2) is 5.78 Å². The standard InChI is InChI=1S/C18H31NO/c1-4-6-8-9-10-12-17(3,11-7-5-2)16(20)18(15-19)13-14-18/h4-14H2,1-3H3. The number of Topliss-reactive ketones (excluding diaryl/α,β-unsaturated/α-hetero) is 1. The molecule has 0 amide bonds. The van der Waals surface area contributed by atoms with E-state index in [1.165, 1.54) is 25.7 Å². The molecule has 0 aromatic rings. The molecule has 0 heterocycles. The smallest absolute Gasteiger partial charge is 0.158 e. The fourth-order valence-electron chi connectivity index (χ4n) is 3.13. The fraction of sp³-hybridized carbons (Fsp3) is 0.889. The topological polar surface area (TPSA) is 40.9 Å². The van der Waals surface area contributed by atoms with Gasteiger partial charge in [0.2, 0.25) is 0 Å². The van der Waals surface area contributed by atoms with Crippen molar-refractivity contribution in [3.05, 3.63) is 0 Å². The molecule has 2 heteroatoms. The van der Waals surface area contributed by atoms with E-state index >= 15 is 0 Å². The van der Waals surface area contributed by atoms with Crippen molar-refractivity contribution in [2.24, 2.45) is 10.8 Å². The van der Waals surface area contributed by atoms with Crippen molar-refractivity contribution in [3.8, 4) is 6.07 Å². The zero-order chi connectivity index (χ0) is 15.1. The zero-order valence-corrected chi connectivity index (χ0v) is 13.6. The highest BCUT2D eigenvalue weighted by Crippen LogP contribution is 2.52. The minimum absolute atomic E-state index is 0.247. The Hall–Kier alpha value is -0.840. The summed E-state index contributed by atoms with van der Waals surface area (Å²) in [6.45, 7) is 6.50. The Labute approximate surface area is 124 Å². The summed E-state index contributed by atoms with van der Waals surface area (Å²) < 4.78 is 0. The van der Waals surface area contributed by atoms with Gasteiger partial charge in [-0.15, -0.1) is 0 Å². The molecule has 0 N–H and O–H groups in total. The molecule has 0 spiro atoms. The maximum atomic E-state index is 12.8. The normalized spacial score (nSPS) is 19.1. The predicted octanol–water partition coefficient (Wildman–Crippen LogP) is 5.42. The maximum absolute atomic E-state index is 12.8. The van der Waals surface area contributed by atoms with Gasteiger partial charge in [-0.25, -0.2) is 0 Å². The first-order valence-electron chi connectivity index (χ1n) is 8.51. The van der Waals surface area contributed by atoms with E-state index in [4.69, 9.17) is 0 Å². The summed E-state index contributed by atoms with van der Waals surface area (Å²) in [4.78, 5) is 12.8. The Morgan fingerprint density at radius 1 is 1.05 bits per heavy atom. The molecule has 0 saturated heterocycles. The second-order valence-corrected chi connectivity index (χ2v) is 6.85. The van der Waals surface area contributed by atoms with Crippen LogP contribution in [0.5, 0.6) is 0 Å². The Balaban J connectivity index is 2.57. The highest BCUT2D eigenvalue weighted by molar-refractivity contribution is 5.94. The van der Waals surface area contributed by atoms with E-state index < -0.39 is 5.41 Å². The second-order valence-electron chi connectivity index (χ2n) is 6.85. The summed E-state index contributed by atoms with van der Waals surface area (Å²) in [6, 6.07) is 2.30. The van der Waals surface area contributed by atoms with E-state index in [0.717, 1.165) is 44.9 Å². The minimum Gasteiger partial charge on any atom is -0.297 e. The summed E-state index contributed by atoms with van der Waals surface area (Å²) in [5, 5.41) is 9.29. The van der Waals surface area contributed by atoms with Gasteiger partial charge < -0.3 is 0 Å². The Kier molecular flexibility index (Phi) is 6.72. The lowest BCUT2D eigenvalue weighted by molar-refractivity contribution is -0.132. The third-order valence-electron chi connectivity index (χ3n) is 4.86. The first-order chi connectivity index (χ1) is 9.54. The van der Waals surface area contributed by atoms with Crippen LogP contribution in [0.3, 0.4) is 0 Å². The van der Waals surface area contributed by atoms with Crippen molar-refractivity contribution >= 4 is 5.78 Å². The molecule has 114 valence electrons. The summed E-state index contributed by atoms with van der Waals surface area (Å²) >= 11 is 0. The van der Waals surface area contributed by atoms with Crippen LogP contribution in [0.15, 0.2) is 0 Å². The van der Waals surface area contributed by atoms with Crippen molar-refractivity contribution < 1.29 is 4.79 Å². The molecular weight excluding hydrogens is 246 g/mol. The highest BCUT2D eigenvalue weighted by atomic mass is 16.1. The van der Waals surface area contributed by atoms with Crippen LogP contribution in [0, 0.1) is 22.2 Å². The van der Waals surface area contributed by atoms with Gasteiger partial charge in [0, 0.05) is 5.41 Å². The Morgan fingerprint density at radius 2 is 1.60 bits per heavy atom. The molecule has 1 aliphatic carbocycles. The molecule has 0 radical (unpaired) electrons. The molecular formula is C18H31NO. The molecule has 0 bridgehead atoms. The number of hydrogen-bond acceptors (Lipinski definition) is 2. The van der Waals surface area contributed by atoms with Crippen LogP contribution >= 0.6 is 0 Å². The third kappa shape index (κ3) is 4.33. The number of hydrogen-bond donors (Lipinski definition) is 0. The van der Waals surface area contributed by atoms with Crippen LogP contribution < -0.4 is 0 Å². The van der Waals surface area contributed by atoms with Crippen LogP contribution in [0.1, 0.15) is 91.4 Å². The van der Waals surface area contributed by atoms with Gasteiger partial charge in [0.15, 0.2) is 5.78 Å². The number of carbonyl (C=O) groups excluding carboxylic acids is 1. The average molecular weight is 277 g/mol. The summed E-state index contributed by atoms with van der Waals surface area (Å²) in [7, 11) is 0. The van der Waals surface area contributed by atoms with Gasteiger partial charge >= 0.3 is 0 Å². The van der Waals surface area contributed by atoms with E-state index in [2.05, 4.69) is 26.8 Å². The average Bonchev–Trinajstić information content (AvgIpc) is 3.25. The van der Waals surface area contributed by atoms with Crippen molar-refractivity contribution in [1.82, 2.24) is 0 Å². The van der Waals surface area contributed by atoms with Gasteiger partial charge in [0.25, 0.3) is 0 Å². The van der Waals surface area contributed by atoms with Crippen LogP contribution in [-0.2, 0) is 4.79 Å². The molecule has 1 atom stereocenters. The van der Waals surface area contributed by atoms with E-state index in [1.54, 1.807) is 0 Å². The summed E-state index contributed by atoms with van der Waals surface area (Å²) in [6.07, 6.45) is 11.9. The number of nitrogens with zero attached hydrogens (tertiary/aromatic N) is 1. The quantitative estimate of drug-likeness (QED) is 0.473. The fourth-order valence-corrected chi connectivity index (χ4v) is 3.13. The molecule has 1 fully saturated rings. The van der Waals surface area contributed by atoms with Crippen molar-refractivity contribution in [1.29, 1.82) is 5.26 Å². The summed E-state index contributed by atoms with van der Waals surface area (Å²) in [5.41, 5.74) is -0.861. The van der Waals surface area contributed by atoms with Crippen molar-refractivity contribution in [2.45, 2.75) is 91.4 Å². The van der Waals surface area contributed by atoms with Crippen molar-refractivity contribution in [2.75, 3.05) is 0 Å². The number of ketones is 1. The molecule has 0 aromatic heterocycles. The lowest BCUT2D eigenvalue weighted by Gasteiger charge is -2.30. The van der Waals surface area contributed by atoms with Crippen LogP contribution in [0.2, 0.25) is 0 Å².